The summed E-state index contributed by atoms with van der Waals surface area (Å²) in [6.07, 6.45) is 5.49. The molecule has 29 heavy (non-hydrogen) atoms. The summed E-state index contributed by atoms with van der Waals surface area (Å²) >= 11 is 0. The topological polar surface area (TPSA) is 53.2 Å². The molecule has 1 saturated carbocycles. The summed E-state index contributed by atoms with van der Waals surface area (Å²) in [7, 11) is 0. The predicted octanol–water partition coefficient (Wildman–Crippen LogP) is 5.12. The van der Waals surface area contributed by atoms with Crippen molar-refractivity contribution in [1.29, 1.82) is 0 Å². The van der Waals surface area contributed by atoms with Gasteiger partial charge in [-0.1, -0.05) is 55.7 Å². The zero-order chi connectivity index (χ0) is 20.4. The molecular formula is C25H28N2O2. The van der Waals surface area contributed by atoms with Crippen LogP contribution in [0.15, 0.2) is 53.3 Å². The van der Waals surface area contributed by atoms with Gasteiger partial charge in [0.25, 0.3) is 11.5 Å². The van der Waals surface area contributed by atoms with Gasteiger partial charge < -0.3 is 9.88 Å². The number of nitrogens with zero attached hydrogens (tertiary/aromatic N) is 1. The molecule has 2 aromatic carbocycles. The predicted molar refractivity (Wildman–Crippen MR) is 117 cm³/mol. The number of amides is 1. The number of nitrogens with one attached hydrogen (secondary N) is 1. The number of hydrogen-bond acceptors (Lipinski definition) is 2. The number of carbonyl (C=O) groups excluding carboxylic acids is 1. The first-order valence-corrected chi connectivity index (χ1v) is 10.5. The Kier molecular flexibility index (Phi) is 5.52. The van der Waals surface area contributed by atoms with Crippen LogP contribution in [0.25, 0.3) is 10.9 Å². The second kappa shape index (κ2) is 8.24. The van der Waals surface area contributed by atoms with Crippen molar-refractivity contribution in [3.8, 4) is 0 Å². The Balaban J connectivity index is 1.73. The molecule has 4 rings (SSSR count). The van der Waals surface area contributed by atoms with Crippen LogP contribution in [0.4, 0.5) is 0 Å². The van der Waals surface area contributed by atoms with Crippen molar-refractivity contribution in [1.82, 2.24) is 9.88 Å². The van der Waals surface area contributed by atoms with Crippen LogP contribution in [0.1, 0.15) is 59.2 Å². The average Bonchev–Trinajstić information content (AvgIpc) is 2.73. The SMILES string of the molecule is Cc1ccccc1C(=O)N(Cc1cc2cccc(C)c2[nH]c1=O)C1CCCCC1. The van der Waals surface area contributed by atoms with Crippen molar-refractivity contribution in [2.75, 3.05) is 0 Å². The number of carbonyl (C=O) groups is 1. The maximum atomic E-state index is 13.5. The number of H-pyrrole nitrogens is 1. The molecular weight excluding hydrogens is 360 g/mol. The van der Waals surface area contributed by atoms with Crippen molar-refractivity contribution in [2.24, 2.45) is 0 Å². The number of aromatic amines is 1. The van der Waals surface area contributed by atoms with E-state index < -0.39 is 0 Å². The minimum atomic E-state index is -0.106. The fourth-order valence-electron chi connectivity index (χ4n) is 4.46. The summed E-state index contributed by atoms with van der Waals surface area (Å²) in [5.41, 5.74) is 4.16. The van der Waals surface area contributed by atoms with Crippen molar-refractivity contribution in [2.45, 2.75) is 58.5 Å². The van der Waals surface area contributed by atoms with E-state index in [0.717, 1.165) is 53.3 Å². The number of aromatic nitrogens is 1. The van der Waals surface area contributed by atoms with Gasteiger partial charge in [0.05, 0.1) is 12.1 Å². The molecule has 150 valence electrons. The first-order valence-electron chi connectivity index (χ1n) is 10.5. The van der Waals surface area contributed by atoms with Gasteiger partial charge in [0.1, 0.15) is 0 Å². The Morgan fingerprint density at radius 3 is 2.48 bits per heavy atom. The third kappa shape index (κ3) is 3.98. The van der Waals surface area contributed by atoms with Crippen molar-refractivity contribution in [3.63, 3.8) is 0 Å². The maximum absolute atomic E-state index is 13.5. The summed E-state index contributed by atoms with van der Waals surface area (Å²) < 4.78 is 0. The van der Waals surface area contributed by atoms with Crippen LogP contribution in [0.2, 0.25) is 0 Å². The lowest BCUT2D eigenvalue weighted by atomic mass is 9.93. The normalized spacial score (nSPS) is 14.8. The van der Waals surface area contributed by atoms with E-state index in [0.29, 0.717) is 12.1 Å². The van der Waals surface area contributed by atoms with E-state index in [9.17, 15) is 9.59 Å². The highest BCUT2D eigenvalue weighted by atomic mass is 16.2. The minimum Gasteiger partial charge on any atom is -0.331 e. The quantitative estimate of drug-likeness (QED) is 0.674. The molecule has 1 amide bonds. The third-order valence-electron chi connectivity index (χ3n) is 6.16. The van der Waals surface area contributed by atoms with E-state index in [-0.39, 0.29) is 17.5 Å². The molecule has 1 N–H and O–H groups in total. The van der Waals surface area contributed by atoms with E-state index >= 15 is 0 Å². The van der Waals surface area contributed by atoms with Gasteiger partial charge in [-0.05, 0) is 55.3 Å². The van der Waals surface area contributed by atoms with E-state index in [1.54, 1.807) is 0 Å². The number of para-hydroxylation sites is 1. The van der Waals surface area contributed by atoms with Crippen LogP contribution in [-0.2, 0) is 6.54 Å². The summed E-state index contributed by atoms with van der Waals surface area (Å²) in [6, 6.07) is 15.9. The lowest BCUT2D eigenvalue weighted by molar-refractivity contribution is 0.0612. The Hall–Kier alpha value is -2.88. The molecule has 0 bridgehead atoms. The molecule has 1 heterocycles. The number of aryl methyl sites for hydroxylation is 2. The lowest BCUT2D eigenvalue weighted by Gasteiger charge is -2.34. The summed E-state index contributed by atoms with van der Waals surface area (Å²) in [5, 5.41) is 1.01. The molecule has 3 aromatic rings. The molecule has 4 nitrogen and oxygen atoms in total. The standard InChI is InChI=1S/C25H28N2O2/c1-17-9-6-7-14-22(17)25(29)27(21-12-4-3-5-13-21)16-20-15-19-11-8-10-18(2)23(19)26-24(20)28/h6-11,14-15,21H,3-5,12-13,16H2,1-2H3,(H,26,28). The molecule has 0 spiro atoms. The van der Waals surface area contributed by atoms with Gasteiger partial charge in [-0.2, -0.15) is 0 Å². The highest BCUT2D eigenvalue weighted by molar-refractivity contribution is 5.96. The third-order valence-corrected chi connectivity index (χ3v) is 6.16. The van der Waals surface area contributed by atoms with Crippen molar-refractivity contribution >= 4 is 16.8 Å². The van der Waals surface area contributed by atoms with Crippen LogP contribution in [0.5, 0.6) is 0 Å². The Labute approximate surface area is 171 Å². The highest BCUT2D eigenvalue weighted by Gasteiger charge is 2.28. The van der Waals surface area contributed by atoms with Gasteiger partial charge >= 0.3 is 0 Å². The van der Waals surface area contributed by atoms with Gasteiger partial charge in [-0.15, -0.1) is 0 Å². The Bertz CT molecular complexity index is 1090. The number of benzene rings is 2. The van der Waals surface area contributed by atoms with E-state index in [1.807, 2.05) is 67.3 Å². The molecule has 0 saturated heterocycles. The van der Waals surface area contributed by atoms with Crippen LogP contribution >= 0.6 is 0 Å². The van der Waals surface area contributed by atoms with Crippen LogP contribution in [0.3, 0.4) is 0 Å². The Morgan fingerprint density at radius 1 is 1.00 bits per heavy atom. The first-order chi connectivity index (χ1) is 14.0. The first kappa shape index (κ1) is 19.4. The summed E-state index contributed by atoms with van der Waals surface area (Å²) in [6.45, 7) is 4.31. The molecule has 0 atom stereocenters. The molecule has 0 unspecified atom stereocenters. The van der Waals surface area contributed by atoms with Crippen LogP contribution < -0.4 is 5.56 Å². The molecule has 0 aliphatic heterocycles. The smallest absolute Gasteiger partial charge is 0.254 e. The van der Waals surface area contributed by atoms with E-state index in [2.05, 4.69) is 4.98 Å². The number of rotatable bonds is 4. The molecule has 1 aliphatic rings. The zero-order valence-corrected chi connectivity index (χ0v) is 17.2. The molecule has 1 aliphatic carbocycles. The van der Waals surface area contributed by atoms with E-state index in [4.69, 9.17) is 0 Å². The summed E-state index contributed by atoms with van der Waals surface area (Å²) in [5.74, 6) is 0.0266. The lowest BCUT2D eigenvalue weighted by Crippen LogP contribution is -2.42. The fourth-order valence-corrected chi connectivity index (χ4v) is 4.46. The van der Waals surface area contributed by atoms with Gasteiger partial charge in [-0.25, -0.2) is 0 Å². The molecule has 1 fully saturated rings. The molecule has 1 aromatic heterocycles. The number of hydrogen-bond donors (Lipinski definition) is 1. The van der Waals surface area contributed by atoms with Crippen LogP contribution in [-0.4, -0.2) is 21.8 Å². The highest BCUT2D eigenvalue weighted by Crippen LogP contribution is 2.26. The van der Waals surface area contributed by atoms with Gasteiger partial charge in [-0.3, -0.25) is 9.59 Å². The monoisotopic (exact) mass is 388 g/mol. The molecule has 0 radical (unpaired) electrons. The minimum absolute atomic E-state index is 0.0266. The van der Waals surface area contributed by atoms with Gasteiger partial charge in [0.15, 0.2) is 0 Å². The van der Waals surface area contributed by atoms with Crippen molar-refractivity contribution in [3.05, 3.63) is 81.1 Å². The van der Waals surface area contributed by atoms with E-state index in [1.165, 1.54) is 6.42 Å². The number of fused-ring (bicyclic) bond motifs is 1. The average molecular weight is 389 g/mol. The second-order valence-corrected chi connectivity index (χ2v) is 8.20. The van der Waals surface area contributed by atoms with Crippen molar-refractivity contribution < 1.29 is 4.79 Å². The Morgan fingerprint density at radius 2 is 1.72 bits per heavy atom. The maximum Gasteiger partial charge on any atom is 0.254 e. The number of pyridine rings is 1. The van der Waals surface area contributed by atoms with Crippen LogP contribution in [0, 0.1) is 13.8 Å². The zero-order valence-electron chi connectivity index (χ0n) is 17.2. The summed E-state index contributed by atoms with van der Waals surface area (Å²) in [4.78, 5) is 31.3. The molecule has 4 heteroatoms. The largest absolute Gasteiger partial charge is 0.331 e. The second-order valence-electron chi connectivity index (χ2n) is 8.20. The van der Waals surface area contributed by atoms with Gasteiger partial charge in [0.2, 0.25) is 0 Å². The fraction of sp³-hybridized carbons (Fsp3) is 0.360. The van der Waals surface area contributed by atoms with Gasteiger partial charge in [0, 0.05) is 17.2 Å².